The number of likely N-dealkylation sites (N-methyl/N-ethyl adjacent to an activating group) is 1. The molecule has 2 heterocycles. The van der Waals surface area contributed by atoms with Crippen molar-refractivity contribution >= 4 is 18.3 Å². The zero-order valence-corrected chi connectivity index (χ0v) is 19.8. The number of pyridine rings is 1. The van der Waals surface area contributed by atoms with E-state index in [0.717, 1.165) is 30.6 Å². The molecule has 1 saturated heterocycles. The van der Waals surface area contributed by atoms with E-state index in [1.54, 1.807) is 24.5 Å². The molecular formula is C25H34N4O5. The van der Waals surface area contributed by atoms with E-state index in [1.165, 1.54) is 0 Å². The Morgan fingerprint density at radius 2 is 1.88 bits per heavy atom. The fraction of sp³-hybridized carbons (Fsp3) is 0.440. The molecule has 9 nitrogen and oxygen atoms in total. The van der Waals surface area contributed by atoms with Crippen LogP contribution in [0.2, 0.25) is 0 Å². The summed E-state index contributed by atoms with van der Waals surface area (Å²) in [5, 5.41) is 12.9. The molecule has 1 aliphatic heterocycles. The zero-order valence-electron chi connectivity index (χ0n) is 19.8. The third-order valence-corrected chi connectivity index (χ3v) is 5.71. The summed E-state index contributed by atoms with van der Waals surface area (Å²) < 4.78 is 5.56. The fourth-order valence-corrected chi connectivity index (χ4v) is 3.81. The molecule has 0 bridgehead atoms. The van der Waals surface area contributed by atoms with E-state index in [9.17, 15) is 9.59 Å². The largest absolute Gasteiger partial charge is 0.494 e. The number of hydrogen-bond donors (Lipinski definition) is 3. The van der Waals surface area contributed by atoms with Crippen LogP contribution in [0.15, 0.2) is 48.8 Å². The van der Waals surface area contributed by atoms with E-state index in [0.29, 0.717) is 31.7 Å². The minimum absolute atomic E-state index is 0.0378. The predicted octanol–water partition coefficient (Wildman–Crippen LogP) is 2.47. The van der Waals surface area contributed by atoms with Crippen LogP contribution in [-0.4, -0.2) is 65.6 Å². The lowest BCUT2D eigenvalue weighted by Gasteiger charge is -2.25. The van der Waals surface area contributed by atoms with Crippen molar-refractivity contribution in [3.05, 3.63) is 59.9 Å². The smallest absolute Gasteiger partial charge is 0.290 e. The molecule has 2 amide bonds. The molecule has 0 unspecified atom stereocenters. The second-order valence-electron chi connectivity index (χ2n) is 8.08. The Labute approximate surface area is 200 Å². The molecule has 9 heteroatoms. The Bertz CT molecular complexity index is 892. The number of carboxylic acid groups (broad SMARTS) is 1. The highest BCUT2D eigenvalue weighted by Gasteiger charge is 2.31. The SMILES string of the molecule is CCCOc1ccc(C(=O)NC[C@@H]2CC[C@H](CC(=O)NCc3cccnc3)N2C)cc1.O=CO. The van der Waals surface area contributed by atoms with Gasteiger partial charge in [0, 0.05) is 49.6 Å². The standard InChI is InChI=1S/C24H32N4O3.CH2O2/c1-3-13-31-22-10-6-19(7-11-22)24(30)27-17-21-9-8-20(28(21)2)14-23(29)26-16-18-5-4-12-25-15-18;2-1-3/h4-7,10-12,15,20-21H,3,8-9,13-14,16-17H2,1-2H3,(H,26,29)(H,27,30);1H,(H,2,3)/t20-,21+;/m1./s1. The van der Waals surface area contributed by atoms with Gasteiger partial charge in [-0.2, -0.15) is 0 Å². The third kappa shape index (κ3) is 8.82. The molecule has 1 aliphatic rings. The van der Waals surface area contributed by atoms with Crippen molar-refractivity contribution in [1.82, 2.24) is 20.5 Å². The van der Waals surface area contributed by atoms with Crippen LogP contribution in [0.25, 0.3) is 0 Å². The number of rotatable bonds is 10. The molecule has 0 saturated carbocycles. The Hall–Kier alpha value is -3.46. The molecule has 3 N–H and O–H groups in total. The highest BCUT2D eigenvalue weighted by atomic mass is 16.5. The summed E-state index contributed by atoms with van der Waals surface area (Å²) in [6, 6.07) is 11.4. The molecule has 184 valence electrons. The lowest BCUT2D eigenvalue weighted by molar-refractivity contribution is -0.123. The maximum absolute atomic E-state index is 12.5. The predicted molar refractivity (Wildman–Crippen MR) is 129 cm³/mol. The topological polar surface area (TPSA) is 121 Å². The van der Waals surface area contributed by atoms with Crippen LogP contribution in [-0.2, 0) is 16.1 Å². The van der Waals surface area contributed by atoms with Gasteiger partial charge in [0.05, 0.1) is 6.61 Å². The van der Waals surface area contributed by atoms with Gasteiger partial charge in [-0.25, -0.2) is 0 Å². The second kappa shape index (κ2) is 14.6. The number of nitrogens with one attached hydrogen (secondary N) is 2. The minimum Gasteiger partial charge on any atom is -0.494 e. The maximum atomic E-state index is 12.5. The first-order valence-electron chi connectivity index (χ1n) is 11.4. The number of likely N-dealkylation sites (tertiary alicyclic amines) is 1. The summed E-state index contributed by atoms with van der Waals surface area (Å²) in [6.45, 7) is 3.53. The van der Waals surface area contributed by atoms with Crippen molar-refractivity contribution in [1.29, 1.82) is 0 Å². The number of ether oxygens (including phenoxy) is 1. The number of benzene rings is 1. The van der Waals surface area contributed by atoms with Crippen molar-refractivity contribution < 1.29 is 24.2 Å². The van der Waals surface area contributed by atoms with E-state index >= 15 is 0 Å². The van der Waals surface area contributed by atoms with Gasteiger partial charge >= 0.3 is 0 Å². The summed E-state index contributed by atoms with van der Waals surface area (Å²) in [5.74, 6) is 0.724. The third-order valence-electron chi connectivity index (χ3n) is 5.71. The highest BCUT2D eigenvalue weighted by Crippen LogP contribution is 2.24. The monoisotopic (exact) mass is 470 g/mol. The van der Waals surface area contributed by atoms with Crippen LogP contribution in [0.4, 0.5) is 0 Å². The van der Waals surface area contributed by atoms with Gasteiger partial charge in [-0.05, 0) is 62.2 Å². The summed E-state index contributed by atoms with van der Waals surface area (Å²) in [6.07, 6.45) is 6.79. The van der Waals surface area contributed by atoms with Crippen molar-refractivity contribution in [2.75, 3.05) is 20.2 Å². The van der Waals surface area contributed by atoms with Crippen LogP contribution in [0.5, 0.6) is 5.75 Å². The molecule has 1 aromatic heterocycles. The molecule has 2 atom stereocenters. The molecule has 0 radical (unpaired) electrons. The van der Waals surface area contributed by atoms with Gasteiger partial charge in [0.15, 0.2) is 0 Å². The first kappa shape index (κ1) is 26.8. The normalized spacial score (nSPS) is 17.2. The van der Waals surface area contributed by atoms with Crippen LogP contribution in [0.1, 0.15) is 48.5 Å². The Balaban J connectivity index is 0.00000129. The average molecular weight is 471 g/mol. The Kier molecular flexibility index (Phi) is 11.5. The van der Waals surface area contributed by atoms with Crippen LogP contribution < -0.4 is 15.4 Å². The van der Waals surface area contributed by atoms with Crippen molar-refractivity contribution in [2.24, 2.45) is 0 Å². The van der Waals surface area contributed by atoms with Gasteiger partial charge in [0.25, 0.3) is 12.4 Å². The number of amides is 2. The minimum atomic E-state index is -0.250. The lowest BCUT2D eigenvalue weighted by Crippen LogP contribution is -2.42. The van der Waals surface area contributed by atoms with Crippen LogP contribution >= 0.6 is 0 Å². The van der Waals surface area contributed by atoms with Crippen molar-refractivity contribution in [2.45, 2.75) is 51.2 Å². The quantitative estimate of drug-likeness (QED) is 0.456. The maximum Gasteiger partial charge on any atom is 0.290 e. The fourth-order valence-electron chi connectivity index (χ4n) is 3.81. The van der Waals surface area contributed by atoms with E-state index < -0.39 is 0 Å². The molecule has 2 aromatic rings. The molecule has 3 rings (SSSR count). The zero-order chi connectivity index (χ0) is 24.8. The van der Waals surface area contributed by atoms with Gasteiger partial charge in [-0.1, -0.05) is 13.0 Å². The average Bonchev–Trinajstić information content (AvgIpc) is 3.20. The summed E-state index contributed by atoms with van der Waals surface area (Å²) in [5.41, 5.74) is 1.61. The van der Waals surface area contributed by atoms with Gasteiger partial charge in [0.2, 0.25) is 5.91 Å². The van der Waals surface area contributed by atoms with Crippen molar-refractivity contribution in [3.63, 3.8) is 0 Å². The first-order chi connectivity index (χ1) is 16.5. The van der Waals surface area contributed by atoms with E-state index in [2.05, 4.69) is 27.4 Å². The summed E-state index contributed by atoms with van der Waals surface area (Å²) in [7, 11) is 2.03. The molecular weight excluding hydrogens is 436 g/mol. The summed E-state index contributed by atoms with van der Waals surface area (Å²) >= 11 is 0. The van der Waals surface area contributed by atoms with E-state index in [4.69, 9.17) is 14.6 Å². The molecule has 1 aromatic carbocycles. The van der Waals surface area contributed by atoms with Crippen LogP contribution in [0, 0.1) is 0 Å². The number of aromatic nitrogens is 1. The lowest BCUT2D eigenvalue weighted by atomic mass is 10.1. The molecule has 0 spiro atoms. The van der Waals surface area contributed by atoms with Gasteiger partial charge in [-0.3, -0.25) is 24.3 Å². The number of hydrogen-bond acceptors (Lipinski definition) is 6. The highest BCUT2D eigenvalue weighted by molar-refractivity contribution is 5.94. The number of carbonyl (C=O) groups excluding carboxylic acids is 2. The Morgan fingerprint density at radius 3 is 2.53 bits per heavy atom. The number of carbonyl (C=O) groups is 3. The second-order valence-corrected chi connectivity index (χ2v) is 8.08. The van der Waals surface area contributed by atoms with Crippen LogP contribution in [0.3, 0.4) is 0 Å². The van der Waals surface area contributed by atoms with Gasteiger partial charge in [-0.15, -0.1) is 0 Å². The first-order valence-corrected chi connectivity index (χ1v) is 11.4. The molecule has 0 aliphatic carbocycles. The van der Waals surface area contributed by atoms with Crippen molar-refractivity contribution in [3.8, 4) is 5.75 Å². The van der Waals surface area contributed by atoms with E-state index in [1.807, 2.05) is 31.3 Å². The van der Waals surface area contributed by atoms with E-state index in [-0.39, 0.29) is 30.4 Å². The van der Waals surface area contributed by atoms with Gasteiger partial charge in [0.1, 0.15) is 5.75 Å². The molecule has 34 heavy (non-hydrogen) atoms. The number of nitrogens with zero attached hydrogens (tertiary/aromatic N) is 2. The summed E-state index contributed by atoms with van der Waals surface area (Å²) in [4.78, 5) is 39.4. The van der Waals surface area contributed by atoms with Gasteiger partial charge < -0.3 is 20.5 Å². The Morgan fingerprint density at radius 1 is 1.18 bits per heavy atom. The molecule has 1 fully saturated rings.